The van der Waals surface area contributed by atoms with Crippen LogP contribution in [0.15, 0.2) is 6.07 Å². The quantitative estimate of drug-likeness (QED) is 0.814. The Morgan fingerprint density at radius 3 is 2.59 bits per heavy atom. The van der Waals surface area contributed by atoms with Gasteiger partial charge in [0.05, 0.1) is 0 Å². The molecule has 0 amide bonds. The standard InChI is InChI=1S/C9H11F4N3O/c1-2-6-15-5(14)3-7(16-6)17-4-9(12,13)8(10)11/h3,8H,2,4H2,1H3,(H2,14,15,16). The zero-order valence-electron chi connectivity index (χ0n) is 8.96. The molecule has 0 aromatic carbocycles. The third-order valence-corrected chi connectivity index (χ3v) is 1.82. The summed E-state index contributed by atoms with van der Waals surface area (Å²) in [5.74, 6) is -4.13. The molecule has 0 spiro atoms. The molecule has 0 aliphatic rings. The van der Waals surface area contributed by atoms with E-state index in [1.807, 2.05) is 0 Å². The summed E-state index contributed by atoms with van der Waals surface area (Å²) in [6.45, 7) is 0.274. The van der Waals surface area contributed by atoms with Gasteiger partial charge in [0.2, 0.25) is 5.88 Å². The number of ether oxygens (including phenoxy) is 1. The number of aryl methyl sites for hydroxylation is 1. The van der Waals surface area contributed by atoms with Gasteiger partial charge in [0.15, 0.2) is 6.61 Å². The van der Waals surface area contributed by atoms with Gasteiger partial charge in [0.1, 0.15) is 11.6 Å². The smallest absolute Gasteiger partial charge is 0.340 e. The van der Waals surface area contributed by atoms with Gasteiger partial charge >= 0.3 is 12.3 Å². The molecular weight excluding hydrogens is 242 g/mol. The molecule has 0 radical (unpaired) electrons. The molecular formula is C9H11F4N3O. The summed E-state index contributed by atoms with van der Waals surface area (Å²) in [4.78, 5) is 7.51. The van der Waals surface area contributed by atoms with E-state index in [2.05, 4.69) is 14.7 Å². The molecule has 4 nitrogen and oxygen atoms in total. The van der Waals surface area contributed by atoms with E-state index in [0.717, 1.165) is 6.07 Å². The predicted octanol–water partition coefficient (Wildman–Crippen LogP) is 1.90. The summed E-state index contributed by atoms with van der Waals surface area (Å²) in [6.07, 6.45) is -3.36. The molecule has 1 aromatic rings. The largest absolute Gasteiger partial charge is 0.471 e. The molecule has 1 heterocycles. The molecule has 96 valence electrons. The average molecular weight is 253 g/mol. The van der Waals surface area contributed by atoms with Gasteiger partial charge in [-0.1, -0.05) is 6.92 Å². The van der Waals surface area contributed by atoms with Crippen molar-refractivity contribution >= 4 is 5.82 Å². The Hall–Kier alpha value is -1.60. The molecule has 0 aliphatic heterocycles. The van der Waals surface area contributed by atoms with E-state index in [0.29, 0.717) is 12.2 Å². The molecule has 0 aliphatic carbocycles. The van der Waals surface area contributed by atoms with Gasteiger partial charge in [-0.2, -0.15) is 13.8 Å². The number of hydrogen-bond donors (Lipinski definition) is 1. The Bertz CT molecular complexity index is 387. The number of nitrogens with zero attached hydrogens (tertiary/aromatic N) is 2. The molecule has 0 saturated heterocycles. The summed E-state index contributed by atoms with van der Waals surface area (Å²) in [7, 11) is 0. The average Bonchev–Trinajstić information content (AvgIpc) is 2.25. The van der Waals surface area contributed by atoms with Crippen molar-refractivity contribution in [1.29, 1.82) is 0 Å². The first-order chi connectivity index (χ1) is 7.85. The third-order valence-electron chi connectivity index (χ3n) is 1.82. The van der Waals surface area contributed by atoms with Crippen molar-refractivity contribution in [2.24, 2.45) is 0 Å². The Morgan fingerprint density at radius 1 is 1.41 bits per heavy atom. The second-order valence-corrected chi connectivity index (χ2v) is 3.25. The maximum absolute atomic E-state index is 12.6. The highest BCUT2D eigenvalue weighted by molar-refractivity contribution is 5.32. The number of aromatic nitrogens is 2. The summed E-state index contributed by atoms with van der Waals surface area (Å²) >= 11 is 0. The van der Waals surface area contributed by atoms with Crippen LogP contribution in [0, 0.1) is 0 Å². The van der Waals surface area contributed by atoms with Crippen molar-refractivity contribution in [3.8, 4) is 5.88 Å². The summed E-state index contributed by atoms with van der Waals surface area (Å²) < 4.78 is 53.3. The van der Waals surface area contributed by atoms with Crippen molar-refractivity contribution in [3.05, 3.63) is 11.9 Å². The van der Waals surface area contributed by atoms with Crippen LogP contribution in [0.1, 0.15) is 12.7 Å². The van der Waals surface area contributed by atoms with Gasteiger partial charge in [-0.25, -0.2) is 13.8 Å². The number of alkyl halides is 4. The molecule has 0 fully saturated rings. The van der Waals surface area contributed by atoms with Gasteiger partial charge in [0.25, 0.3) is 0 Å². The van der Waals surface area contributed by atoms with Crippen LogP contribution < -0.4 is 10.5 Å². The second kappa shape index (κ2) is 5.15. The maximum Gasteiger partial charge on any atom is 0.340 e. The fraction of sp³-hybridized carbons (Fsp3) is 0.556. The first-order valence-corrected chi connectivity index (χ1v) is 4.77. The van der Waals surface area contributed by atoms with Crippen LogP contribution in [0.5, 0.6) is 5.88 Å². The van der Waals surface area contributed by atoms with Crippen molar-refractivity contribution in [3.63, 3.8) is 0 Å². The lowest BCUT2D eigenvalue weighted by molar-refractivity contribution is -0.148. The molecule has 8 heteroatoms. The minimum absolute atomic E-state index is 0.0345. The van der Waals surface area contributed by atoms with E-state index in [4.69, 9.17) is 5.73 Å². The van der Waals surface area contributed by atoms with Crippen LogP contribution in [0.3, 0.4) is 0 Å². The van der Waals surface area contributed by atoms with E-state index >= 15 is 0 Å². The highest BCUT2D eigenvalue weighted by Crippen LogP contribution is 2.24. The van der Waals surface area contributed by atoms with Crippen molar-refractivity contribution in [2.45, 2.75) is 25.7 Å². The molecule has 0 unspecified atom stereocenters. The van der Waals surface area contributed by atoms with E-state index in [1.54, 1.807) is 6.92 Å². The lowest BCUT2D eigenvalue weighted by Gasteiger charge is -2.15. The van der Waals surface area contributed by atoms with Crippen LogP contribution in [0.2, 0.25) is 0 Å². The maximum atomic E-state index is 12.6. The normalized spacial score (nSPS) is 11.9. The van der Waals surface area contributed by atoms with E-state index in [-0.39, 0.29) is 11.7 Å². The number of nitrogens with two attached hydrogens (primary N) is 1. The predicted molar refractivity (Wildman–Crippen MR) is 52.3 cm³/mol. The summed E-state index contributed by atoms with van der Waals surface area (Å²) in [5.41, 5.74) is 5.37. The minimum atomic E-state index is -4.22. The van der Waals surface area contributed by atoms with Gasteiger partial charge in [-0.05, 0) is 0 Å². The fourth-order valence-electron chi connectivity index (χ4n) is 0.957. The summed E-state index contributed by atoms with van der Waals surface area (Å²) in [5, 5.41) is 0. The second-order valence-electron chi connectivity index (χ2n) is 3.25. The topological polar surface area (TPSA) is 61.0 Å². The van der Waals surface area contributed by atoms with Crippen molar-refractivity contribution < 1.29 is 22.3 Å². The first-order valence-electron chi connectivity index (χ1n) is 4.77. The molecule has 2 N–H and O–H groups in total. The fourth-order valence-corrected chi connectivity index (χ4v) is 0.957. The van der Waals surface area contributed by atoms with Crippen LogP contribution >= 0.6 is 0 Å². The molecule has 0 saturated carbocycles. The van der Waals surface area contributed by atoms with Crippen LogP contribution in [-0.4, -0.2) is 28.9 Å². The third kappa shape index (κ3) is 3.72. The van der Waals surface area contributed by atoms with Crippen LogP contribution in [0.25, 0.3) is 0 Å². The summed E-state index contributed by atoms with van der Waals surface area (Å²) in [6, 6.07) is 1.10. The number of rotatable bonds is 5. The zero-order valence-corrected chi connectivity index (χ0v) is 8.96. The highest BCUT2D eigenvalue weighted by atomic mass is 19.3. The van der Waals surface area contributed by atoms with Gasteiger partial charge in [0, 0.05) is 12.5 Å². The Balaban J connectivity index is 2.72. The molecule has 17 heavy (non-hydrogen) atoms. The molecule has 1 rings (SSSR count). The van der Waals surface area contributed by atoms with Crippen molar-refractivity contribution in [1.82, 2.24) is 9.97 Å². The number of anilines is 1. The van der Waals surface area contributed by atoms with Crippen LogP contribution in [-0.2, 0) is 6.42 Å². The zero-order chi connectivity index (χ0) is 13.1. The van der Waals surface area contributed by atoms with E-state index in [1.165, 1.54) is 0 Å². The van der Waals surface area contributed by atoms with E-state index < -0.39 is 19.0 Å². The molecule has 0 bridgehead atoms. The number of nitrogen functional groups attached to an aromatic ring is 1. The SMILES string of the molecule is CCc1nc(N)cc(OCC(F)(F)C(F)F)n1. The Morgan fingerprint density at radius 2 is 2.06 bits per heavy atom. The van der Waals surface area contributed by atoms with Crippen molar-refractivity contribution in [2.75, 3.05) is 12.3 Å². The van der Waals surface area contributed by atoms with E-state index in [9.17, 15) is 17.6 Å². The first kappa shape index (κ1) is 13.5. The lowest BCUT2D eigenvalue weighted by atomic mass is 10.4. The Labute approximate surface area is 94.8 Å². The monoisotopic (exact) mass is 253 g/mol. The lowest BCUT2D eigenvalue weighted by Crippen LogP contribution is -2.34. The molecule has 0 atom stereocenters. The minimum Gasteiger partial charge on any atom is -0.471 e. The number of hydrogen-bond acceptors (Lipinski definition) is 4. The van der Waals surface area contributed by atoms with Gasteiger partial charge in [-0.15, -0.1) is 0 Å². The highest BCUT2D eigenvalue weighted by Gasteiger charge is 2.41. The molecule has 1 aromatic heterocycles. The van der Waals surface area contributed by atoms with Gasteiger partial charge in [-0.3, -0.25) is 0 Å². The Kier molecular flexibility index (Phi) is 4.08. The number of halogens is 4. The van der Waals surface area contributed by atoms with Gasteiger partial charge < -0.3 is 10.5 Å². The van der Waals surface area contributed by atoms with Crippen LogP contribution in [0.4, 0.5) is 23.4 Å².